The van der Waals surface area contributed by atoms with Gasteiger partial charge in [-0.15, -0.1) is 11.3 Å². The van der Waals surface area contributed by atoms with Gasteiger partial charge in [0.2, 0.25) is 0 Å². The molecule has 1 rings (SSSR count). The van der Waals surface area contributed by atoms with Crippen molar-refractivity contribution in [1.29, 1.82) is 0 Å². The van der Waals surface area contributed by atoms with Gasteiger partial charge in [-0.2, -0.15) is 0 Å². The number of hydrogen-bond donors (Lipinski definition) is 1. The van der Waals surface area contributed by atoms with Crippen molar-refractivity contribution in [1.82, 2.24) is 0 Å². The third-order valence-electron chi connectivity index (χ3n) is 1.37. The third kappa shape index (κ3) is 2.54. The summed E-state index contributed by atoms with van der Waals surface area (Å²) >= 11 is 4.87. The Morgan fingerprint density at radius 3 is 2.91 bits per heavy atom. The Kier molecular flexibility index (Phi) is 3.48. The van der Waals surface area contributed by atoms with Crippen LogP contribution in [0.2, 0.25) is 0 Å². The Morgan fingerprint density at radius 2 is 2.45 bits per heavy atom. The lowest BCUT2D eigenvalue weighted by atomic mass is 10.2. The lowest BCUT2D eigenvalue weighted by Gasteiger charge is -2.04. The molecule has 0 saturated carbocycles. The molecule has 0 unspecified atom stereocenters. The van der Waals surface area contributed by atoms with Gasteiger partial charge in [-0.1, -0.05) is 0 Å². The first-order chi connectivity index (χ1) is 5.24. The molecule has 1 aromatic rings. The molecule has 0 amide bonds. The zero-order valence-corrected chi connectivity index (χ0v) is 8.29. The number of halogens is 2. The summed E-state index contributed by atoms with van der Waals surface area (Å²) in [7, 11) is 0. The highest BCUT2D eigenvalue weighted by Crippen LogP contribution is 2.25. The predicted molar refractivity (Wildman–Crippen MR) is 49.5 cm³/mol. The van der Waals surface area contributed by atoms with Crippen molar-refractivity contribution < 1.29 is 4.39 Å². The summed E-state index contributed by atoms with van der Waals surface area (Å²) < 4.78 is 12.9. The first-order valence-electron chi connectivity index (χ1n) is 3.29. The summed E-state index contributed by atoms with van der Waals surface area (Å²) in [6, 6.07) is 1.79. The zero-order valence-electron chi connectivity index (χ0n) is 5.89. The van der Waals surface area contributed by atoms with Crippen LogP contribution in [-0.4, -0.2) is 6.67 Å². The summed E-state index contributed by atoms with van der Waals surface area (Å²) in [5, 5.41) is 1.95. The van der Waals surface area contributed by atoms with Gasteiger partial charge in [0.05, 0.1) is 6.67 Å². The van der Waals surface area contributed by atoms with Crippen LogP contribution in [0.3, 0.4) is 0 Å². The summed E-state index contributed by atoms with van der Waals surface area (Å²) in [6.45, 7) is -0.351. The number of nitrogens with two attached hydrogens (primary N) is 1. The predicted octanol–water partition coefficient (Wildman–Crippen LogP) is 2.87. The minimum atomic E-state index is -0.351. The average molecular weight is 238 g/mol. The van der Waals surface area contributed by atoms with E-state index >= 15 is 0 Å². The highest BCUT2D eigenvalue weighted by Gasteiger charge is 2.07. The topological polar surface area (TPSA) is 26.0 Å². The number of hydrogen-bond acceptors (Lipinski definition) is 2. The van der Waals surface area contributed by atoms with E-state index in [1.54, 1.807) is 11.3 Å². The van der Waals surface area contributed by atoms with E-state index in [9.17, 15) is 4.39 Å². The molecule has 4 heteroatoms. The monoisotopic (exact) mass is 237 g/mol. The van der Waals surface area contributed by atoms with E-state index in [-0.39, 0.29) is 12.7 Å². The van der Waals surface area contributed by atoms with Crippen molar-refractivity contribution in [2.45, 2.75) is 12.5 Å². The highest BCUT2D eigenvalue weighted by atomic mass is 79.9. The van der Waals surface area contributed by atoms with Crippen LogP contribution < -0.4 is 5.73 Å². The second kappa shape index (κ2) is 4.18. The van der Waals surface area contributed by atoms with Crippen LogP contribution in [-0.2, 0) is 0 Å². The quantitative estimate of drug-likeness (QED) is 0.860. The second-order valence-corrected chi connectivity index (χ2v) is 4.11. The standard InChI is InChI=1S/C7H9BrFNS/c8-5-3-7(11-4-5)6(10)1-2-9/h3-4,6H,1-2,10H2/t6-/m1/s1. The smallest absolute Gasteiger partial charge is 0.0912 e. The Labute approximate surface area is 77.5 Å². The molecule has 11 heavy (non-hydrogen) atoms. The van der Waals surface area contributed by atoms with Gasteiger partial charge in [0.25, 0.3) is 0 Å². The molecule has 0 saturated heterocycles. The molecular weight excluding hydrogens is 229 g/mol. The van der Waals surface area contributed by atoms with Crippen LogP contribution in [0.4, 0.5) is 4.39 Å². The van der Waals surface area contributed by atoms with Gasteiger partial charge in [0, 0.05) is 20.8 Å². The van der Waals surface area contributed by atoms with Crippen LogP contribution in [0.25, 0.3) is 0 Å². The van der Waals surface area contributed by atoms with Crippen LogP contribution in [0, 0.1) is 0 Å². The molecule has 2 N–H and O–H groups in total. The molecule has 1 nitrogen and oxygen atoms in total. The Morgan fingerprint density at radius 1 is 1.73 bits per heavy atom. The van der Waals surface area contributed by atoms with E-state index in [1.807, 2.05) is 11.4 Å². The second-order valence-electron chi connectivity index (χ2n) is 2.25. The largest absolute Gasteiger partial charge is 0.323 e. The maximum Gasteiger partial charge on any atom is 0.0912 e. The van der Waals surface area contributed by atoms with E-state index in [0.717, 1.165) is 9.35 Å². The van der Waals surface area contributed by atoms with Crippen molar-refractivity contribution in [2.75, 3.05) is 6.67 Å². The van der Waals surface area contributed by atoms with Crippen molar-refractivity contribution in [3.8, 4) is 0 Å². The van der Waals surface area contributed by atoms with E-state index < -0.39 is 0 Å². The normalized spacial score (nSPS) is 13.4. The molecular formula is C7H9BrFNS. The average Bonchev–Trinajstić information content (AvgIpc) is 2.36. The van der Waals surface area contributed by atoms with Crippen molar-refractivity contribution in [2.24, 2.45) is 5.73 Å². The number of rotatable bonds is 3. The number of alkyl halides is 1. The van der Waals surface area contributed by atoms with E-state index in [4.69, 9.17) is 5.73 Å². The van der Waals surface area contributed by atoms with Gasteiger partial charge < -0.3 is 5.73 Å². The Hall–Kier alpha value is 0.0700. The molecule has 1 heterocycles. The molecule has 1 atom stereocenters. The fraction of sp³-hybridized carbons (Fsp3) is 0.429. The summed E-state index contributed by atoms with van der Waals surface area (Å²) in [5.41, 5.74) is 5.67. The maximum atomic E-state index is 11.8. The molecule has 0 bridgehead atoms. The van der Waals surface area contributed by atoms with Gasteiger partial charge in [-0.05, 0) is 28.4 Å². The van der Waals surface area contributed by atoms with Gasteiger partial charge >= 0.3 is 0 Å². The summed E-state index contributed by atoms with van der Waals surface area (Å²) in [5.74, 6) is 0. The molecule has 0 aliphatic heterocycles. The molecule has 0 aliphatic carbocycles. The van der Waals surface area contributed by atoms with Crippen molar-refractivity contribution in [3.05, 3.63) is 20.8 Å². The molecule has 0 radical (unpaired) electrons. The van der Waals surface area contributed by atoms with Gasteiger partial charge in [0.15, 0.2) is 0 Å². The minimum absolute atomic E-state index is 0.142. The van der Waals surface area contributed by atoms with Gasteiger partial charge in [0.1, 0.15) is 0 Å². The summed E-state index contributed by atoms with van der Waals surface area (Å²) in [4.78, 5) is 1.04. The van der Waals surface area contributed by atoms with Crippen molar-refractivity contribution >= 4 is 27.3 Å². The fourth-order valence-electron chi connectivity index (χ4n) is 0.783. The molecule has 0 aliphatic rings. The van der Waals surface area contributed by atoms with Crippen LogP contribution >= 0.6 is 27.3 Å². The highest BCUT2D eigenvalue weighted by molar-refractivity contribution is 9.10. The zero-order chi connectivity index (χ0) is 8.27. The first kappa shape index (κ1) is 9.16. The minimum Gasteiger partial charge on any atom is -0.323 e. The molecule has 0 spiro atoms. The van der Waals surface area contributed by atoms with Crippen LogP contribution in [0.15, 0.2) is 15.9 Å². The Bertz CT molecular complexity index is 226. The first-order valence-corrected chi connectivity index (χ1v) is 4.97. The van der Waals surface area contributed by atoms with Crippen molar-refractivity contribution in [3.63, 3.8) is 0 Å². The van der Waals surface area contributed by atoms with Gasteiger partial charge in [-0.25, -0.2) is 0 Å². The fourth-order valence-corrected chi connectivity index (χ4v) is 2.27. The van der Waals surface area contributed by atoms with Crippen LogP contribution in [0.1, 0.15) is 17.3 Å². The molecule has 1 aromatic heterocycles. The van der Waals surface area contributed by atoms with Gasteiger partial charge in [-0.3, -0.25) is 4.39 Å². The van der Waals surface area contributed by atoms with Crippen LogP contribution in [0.5, 0.6) is 0 Å². The lowest BCUT2D eigenvalue weighted by molar-refractivity contribution is 0.444. The SMILES string of the molecule is N[C@H](CCF)c1cc(Br)cs1. The summed E-state index contributed by atoms with van der Waals surface area (Å²) in [6.07, 6.45) is 0.410. The lowest BCUT2D eigenvalue weighted by Crippen LogP contribution is -2.08. The molecule has 62 valence electrons. The maximum absolute atomic E-state index is 11.8. The van der Waals surface area contributed by atoms with E-state index in [1.165, 1.54) is 0 Å². The van der Waals surface area contributed by atoms with E-state index in [0.29, 0.717) is 6.42 Å². The molecule has 0 aromatic carbocycles. The molecule has 0 fully saturated rings. The van der Waals surface area contributed by atoms with E-state index in [2.05, 4.69) is 15.9 Å². The third-order valence-corrected chi connectivity index (χ3v) is 3.20. The number of thiophene rings is 1. The Balaban J connectivity index is 2.60.